The van der Waals surface area contributed by atoms with Crippen LogP contribution in [0, 0.1) is 0 Å². The number of carbonyl (C=O) groups is 2. The van der Waals surface area contributed by atoms with Crippen LogP contribution in [0.25, 0.3) is 0 Å². The number of carboxylic acids is 1. The molecular weight excluding hydrogens is 425 g/mol. The minimum atomic E-state index is -3.24. The lowest BCUT2D eigenvalue weighted by Crippen LogP contribution is -2.13. The fourth-order valence-electron chi connectivity index (χ4n) is 0.416. The highest BCUT2D eigenvalue weighted by atomic mass is 128. The summed E-state index contributed by atoms with van der Waals surface area (Å²) in [5.74, 6) is -2.58. The van der Waals surface area contributed by atoms with Gasteiger partial charge in [0.25, 0.3) is 0 Å². The van der Waals surface area contributed by atoms with Crippen LogP contribution in [0.4, 0.5) is 0 Å². The van der Waals surface area contributed by atoms with Crippen LogP contribution < -0.4 is 0 Å². The van der Waals surface area contributed by atoms with Crippen molar-refractivity contribution < 1.29 is 24.2 Å². The van der Waals surface area contributed by atoms with Gasteiger partial charge in [0.15, 0.2) is 7.37 Å². The van der Waals surface area contributed by atoms with E-state index in [1.807, 2.05) is 0 Å². The monoisotopic (exact) mass is 434 g/mol. The highest BCUT2D eigenvalue weighted by molar-refractivity contribution is 15.0. The third-order valence-corrected chi connectivity index (χ3v) is 2.05. The fourth-order valence-corrected chi connectivity index (χ4v) is 1.03. The average Bonchev–Trinajstić information content (AvgIpc) is 2.02. The van der Waals surface area contributed by atoms with Crippen LogP contribution in [-0.2, 0) is 14.2 Å². The summed E-state index contributed by atoms with van der Waals surface area (Å²) in [7, 11) is -3.24. The normalized spacial score (nSPS) is 13.5. The quantitative estimate of drug-likeness (QED) is 0.400. The first-order chi connectivity index (χ1) is 5.83. The molecule has 0 aromatic heterocycles. The largest absolute Gasteiger partial charge is 0.476 e. The van der Waals surface area contributed by atoms with E-state index < -0.39 is 19.1 Å². The predicted octanol–water partition coefficient (Wildman–Crippen LogP) is 1.70. The maximum Gasteiger partial charge on any atom is 0.372 e. The summed E-state index contributed by atoms with van der Waals surface area (Å²) in [6.45, 7) is 1.09. The molecule has 2 N–H and O–H groups in total. The molecule has 0 saturated carbocycles. The molecule has 0 spiro atoms. The minimum absolute atomic E-state index is 0.266. The average molecular weight is 434 g/mol. The first-order valence-corrected chi connectivity index (χ1v) is 11.6. The van der Waals surface area contributed by atoms with Gasteiger partial charge in [0.05, 0.1) is 0 Å². The zero-order valence-corrected chi connectivity index (χ0v) is 11.9. The minimum Gasteiger partial charge on any atom is -0.476 e. The van der Waals surface area contributed by atoms with E-state index in [4.69, 9.17) is 10.00 Å². The number of Topliss-reactive ketones (excluding diaryl/α,β-unsaturated/α-hetero) is 1. The third kappa shape index (κ3) is 12.8. The van der Waals surface area contributed by atoms with Crippen molar-refractivity contribution in [3.63, 3.8) is 0 Å². The number of hydrogen-bond acceptors (Lipinski definition) is 3. The Labute approximate surface area is 99.1 Å². The summed E-state index contributed by atoms with van der Waals surface area (Å²) in [4.78, 5) is 28.9. The van der Waals surface area contributed by atoms with Crippen molar-refractivity contribution in [2.24, 2.45) is 0 Å². The zero-order chi connectivity index (χ0) is 11.1. The molecule has 0 amide bonds. The van der Waals surface area contributed by atoms with Crippen LogP contribution in [0.5, 0.6) is 0 Å². The van der Waals surface area contributed by atoms with Gasteiger partial charge in [-0.2, -0.15) is 0 Å². The van der Waals surface area contributed by atoms with Gasteiger partial charge in [-0.05, 0) is 0 Å². The van der Waals surface area contributed by atoms with Gasteiger partial charge in [-0.1, -0.05) is 0 Å². The topological polar surface area (TPSA) is 91.7 Å². The Hall–Kier alpha value is 0.790. The number of carbonyl (C=O) groups excluding carboxylic acids is 1. The van der Waals surface area contributed by atoms with Crippen molar-refractivity contribution in [3.05, 3.63) is 0 Å². The van der Waals surface area contributed by atoms with Crippen LogP contribution in [0.3, 0.4) is 0 Å². The predicted molar refractivity (Wildman–Crippen MR) is 65.9 cm³/mol. The van der Waals surface area contributed by atoms with E-state index in [9.17, 15) is 14.2 Å². The number of ketones is 1. The number of rotatable bonds is 4. The summed E-state index contributed by atoms with van der Waals surface area (Å²) in [5, 5.41) is 8.06. The smallest absolute Gasteiger partial charge is 0.372 e. The Morgan fingerprint density at radius 1 is 1.38 bits per heavy atom. The van der Waals surface area contributed by atoms with Crippen molar-refractivity contribution in [3.8, 4) is 0 Å². The molecule has 0 aromatic rings. The van der Waals surface area contributed by atoms with Crippen LogP contribution in [0.1, 0.15) is 6.42 Å². The van der Waals surface area contributed by atoms with Crippen molar-refractivity contribution in [2.75, 3.05) is 12.8 Å². The van der Waals surface area contributed by atoms with Gasteiger partial charge in [0.2, 0.25) is 5.78 Å². The molecule has 0 heterocycles. The van der Waals surface area contributed by atoms with E-state index in [2.05, 4.69) is 37.2 Å². The molecular formula is C5H9I2O5P. The van der Waals surface area contributed by atoms with Gasteiger partial charge >= 0.3 is 5.97 Å². The molecule has 0 aliphatic carbocycles. The van der Waals surface area contributed by atoms with Gasteiger partial charge in [0.1, 0.15) is 0 Å². The lowest BCUT2D eigenvalue weighted by Gasteiger charge is -2.00. The SMILES string of the molecule is CP(=O)(O)CCC(=O)C(=O)O.II. The van der Waals surface area contributed by atoms with E-state index in [0.29, 0.717) is 0 Å². The molecule has 5 nitrogen and oxygen atoms in total. The van der Waals surface area contributed by atoms with Gasteiger partial charge in [0, 0.05) is 56.5 Å². The Morgan fingerprint density at radius 3 is 2.00 bits per heavy atom. The fraction of sp³-hybridized carbons (Fsp3) is 0.600. The molecule has 13 heavy (non-hydrogen) atoms. The van der Waals surface area contributed by atoms with Crippen LogP contribution in [0.2, 0.25) is 0 Å². The number of hydrogen-bond donors (Lipinski definition) is 2. The molecule has 0 bridgehead atoms. The lowest BCUT2D eigenvalue weighted by molar-refractivity contribution is -0.148. The number of carboxylic acid groups (broad SMARTS) is 1. The van der Waals surface area contributed by atoms with Crippen LogP contribution >= 0.6 is 44.6 Å². The van der Waals surface area contributed by atoms with Crippen molar-refractivity contribution >= 4 is 56.4 Å². The lowest BCUT2D eigenvalue weighted by atomic mass is 10.3. The van der Waals surface area contributed by atoms with E-state index in [1.54, 1.807) is 0 Å². The van der Waals surface area contributed by atoms with Gasteiger partial charge in [-0.3, -0.25) is 9.36 Å². The molecule has 1 atom stereocenters. The molecule has 0 aromatic carbocycles. The second kappa shape index (κ2) is 8.13. The highest BCUT2D eigenvalue weighted by Crippen LogP contribution is 2.35. The Balaban J connectivity index is 0. The first kappa shape index (κ1) is 16.2. The molecule has 0 saturated heterocycles. The Bertz CT molecular complexity index is 223. The van der Waals surface area contributed by atoms with E-state index in [-0.39, 0.29) is 12.6 Å². The van der Waals surface area contributed by atoms with Crippen LogP contribution in [-0.4, -0.2) is 34.6 Å². The van der Waals surface area contributed by atoms with Gasteiger partial charge < -0.3 is 10.00 Å². The van der Waals surface area contributed by atoms with Crippen molar-refractivity contribution in [1.29, 1.82) is 0 Å². The van der Waals surface area contributed by atoms with E-state index in [0.717, 1.165) is 6.66 Å². The summed E-state index contributed by atoms with van der Waals surface area (Å²) in [6, 6.07) is 0. The molecule has 0 radical (unpaired) electrons. The number of aliphatic carboxylic acids is 1. The van der Waals surface area contributed by atoms with Crippen molar-refractivity contribution in [2.45, 2.75) is 6.42 Å². The Kier molecular flexibility index (Phi) is 10.1. The molecule has 0 aliphatic rings. The maximum absolute atomic E-state index is 10.6. The molecule has 0 rings (SSSR count). The molecule has 1 unspecified atom stereocenters. The van der Waals surface area contributed by atoms with Gasteiger partial charge in [-0.15, -0.1) is 0 Å². The molecule has 78 valence electrons. The Morgan fingerprint density at radius 2 is 1.77 bits per heavy atom. The van der Waals surface area contributed by atoms with E-state index in [1.165, 1.54) is 0 Å². The van der Waals surface area contributed by atoms with Crippen molar-refractivity contribution in [1.82, 2.24) is 0 Å². The van der Waals surface area contributed by atoms with E-state index >= 15 is 0 Å². The second-order valence-electron chi connectivity index (χ2n) is 2.25. The second-order valence-corrected chi connectivity index (χ2v) is 4.80. The molecule has 0 fully saturated rings. The van der Waals surface area contributed by atoms with Crippen LogP contribution in [0.15, 0.2) is 0 Å². The third-order valence-electron chi connectivity index (χ3n) is 0.992. The maximum atomic E-state index is 10.6. The zero-order valence-electron chi connectivity index (χ0n) is 6.74. The summed E-state index contributed by atoms with van der Waals surface area (Å²) < 4.78 is 10.6. The summed E-state index contributed by atoms with van der Waals surface area (Å²) in [6.07, 6.45) is -0.641. The molecule has 0 aliphatic heterocycles. The highest BCUT2D eigenvalue weighted by Gasteiger charge is 2.16. The standard InChI is InChI=1S/C5H9O5P.I2/c1-11(9,10)3-2-4(6)5(7)8;1-2/h2-3H2,1H3,(H,7,8)(H,9,10);. The summed E-state index contributed by atoms with van der Waals surface area (Å²) in [5.41, 5.74) is 0. The van der Waals surface area contributed by atoms with Gasteiger partial charge in [-0.25, -0.2) is 4.79 Å². The molecule has 8 heteroatoms. The summed E-state index contributed by atoms with van der Waals surface area (Å²) >= 11 is 4.24. The first-order valence-electron chi connectivity index (χ1n) is 3.02. The number of halogens is 2.